The van der Waals surface area contributed by atoms with E-state index in [1.807, 2.05) is 23.5 Å². The number of thioether (sulfide) groups is 2. The van der Waals surface area contributed by atoms with Crippen molar-refractivity contribution in [2.24, 2.45) is 21.1 Å². The van der Waals surface area contributed by atoms with Gasteiger partial charge in [0.1, 0.15) is 53.9 Å². The van der Waals surface area contributed by atoms with Gasteiger partial charge >= 0.3 is 0 Å². The fourth-order valence-electron chi connectivity index (χ4n) is 14.6. The molecule has 1 aliphatic carbocycles. The summed E-state index contributed by atoms with van der Waals surface area (Å²) in [5, 5.41) is 15.4. The van der Waals surface area contributed by atoms with Crippen molar-refractivity contribution in [3.63, 3.8) is 0 Å². The Morgan fingerprint density at radius 1 is 0.581 bits per heavy atom. The number of ketones is 1. The average Bonchev–Trinajstić information content (AvgIpc) is 1.66. The maximum absolute atomic E-state index is 13.6. The number of rotatable bonds is 22. The molecular formula is C73H75N11O7S2+2. The highest BCUT2D eigenvalue weighted by Crippen LogP contribution is 2.56. The van der Waals surface area contributed by atoms with Gasteiger partial charge in [-0.05, 0) is 87.1 Å². The van der Waals surface area contributed by atoms with Gasteiger partial charge in [-0.25, -0.2) is 4.57 Å². The summed E-state index contributed by atoms with van der Waals surface area (Å²) >= 11 is 3.71. The second-order valence-corrected chi connectivity index (χ2v) is 27.3. The van der Waals surface area contributed by atoms with E-state index in [1.54, 1.807) is 71.6 Å². The number of nitrogens with zero attached hydrogens (tertiary/aromatic N) is 7. The van der Waals surface area contributed by atoms with Crippen LogP contribution in [0.15, 0.2) is 160 Å². The number of nitrogens with one attached hydrogen (secondary N) is 4. The summed E-state index contributed by atoms with van der Waals surface area (Å²) in [5.41, 5.74) is 13.8. The number of anilines is 5. The quantitative estimate of drug-likeness (QED) is 0.0288. The fourth-order valence-corrected chi connectivity index (χ4v) is 17.2. The van der Waals surface area contributed by atoms with Gasteiger partial charge in [-0.3, -0.25) is 24.0 Å². The Labute approximate surface area is 548 Å². The number of hydrogen-bond donors (Lipinski definition) is 4. The molecule has 0 bridgehead atoms. The molecule has 0 fully saturated rings. The van der Waals surface area contributed by atoms with E-state index in [9.17, 15) is 24.0 Å². The number of aryl methyl sites for hydroxylation is 5. The maximum Gasteiger partial charge on any atom is 0.272 e. The number of aromatic nitrogens is 5. The van der Waals surface area contributed by atoms with Crippen molar-refractivity contribution in [2.75, 3.05) is 45.4 Å². The second-order valence-electron chi connectivity index (χ2n) is 25.2. The van der Waals surface area contributed by atoms with E-state index < -0.39 is 11.8 Å². The van der Waals surface area contributed by atoms with Crippen molar-refractivity contribution >= 4 is 103 Å². The number of Topliss-reactive ketones (excluding diaryl/α,β-unsaturated/α-hetero) is 1. The molecule has 11 heterocycles. The Kier molecular flexibility index (Phi) is 16.4. The topological polar surface area (TPSA) is 181 Å². The van der Waals surface area contributed by atoms with E-state index in [4.69, 9.17) is 9.47 Å². The zero-order valence-electron chi connectivity index (χ0n) is 52.5. The van der Waals surface area contributed by atoms with E-state index >= 15 is 0 Å². The molecule has 3 atom stereocenters. The summed E-state index contributed by atoms with van der Waals surface area (Å²) in [6, 6.07) is 33.0. The SMILES string of the molecule is Cn1cc(NC(=O)c2cc(NC(=O)c3cc(NC(=O)CCCCC[n+]4ccc5c6c(cccc64)OC4CCN6C(=C54)Sc4ccccc46)cn3C)cn2C)cc1C(=O)NCCCC(=O)CCCCC[n+]1ccc2c3c1CC=CC3OC1CCN3C(=C21)Sc1ccccc13. The Hall–Kier alpha value is -9.11. The minimum atomic E-state index is -0.430. The normalized spacial score (nSPS) is 17.6. The average molecular weight is 1280 g/mol. The molecule has 4 amide bonds. The van der Waals surface area contributed by atoms with Gasteiger partial charge in [0, 0.05) is 148 Å². The molecule has 18 nitrogen and oxygen atoms in total. The van der Waals surface area contributed by atoms with Crippen LogP contribution in [-0.4, -0.2) is 75.0 Å². The highest BCUT2D eigenvalue weighted by molar-refractivity contribution is 8.04. The van der Waals surface area contributed by atoms with Crippen LogP contribution in [0.4, 0.5) is 28.4 Å². The molecule has 8 aromatic rings. The molecule has 7 aliphatic rings. The number of ether oxygens (including phenoxy) is 2. The lowest BCUT2D eigenvalue weighted by Gasteiger charge is -2.40. The van der Waals surface area contributed by atoms with E-state index in [-0.39, 0.29) is 41.6 Å². The van der Waals surface area contributed by atoms with Crippen LogP contribution in [-0.2, 0) is 55.0 Å². The third-order valence-electron chi connectivity index (χ3n) is 19.1. The first-order valence-corrected chi connectivity index (χ1v) is 34.3. The van der Waals surface area contributed by atoms with Crippen LogP contribution in [0.2, 0.25) is 0 Å². The number of benzene rings is 3. The first kappa shape index (κ1) is 60.2. The van der Waals surface area contributed by atoms with Gasteiger partial charge in [0.05, 0.1) is 62.0 Å². The number of unbranched alkanes of at least 4 members (excludes halogenated alkanes) is 4. The Bertz CT molecular complexity index is 4480. The van der Waals surface area contributed by atoms with Gasteiger partial charge in [0.25, 0.3) is 17.7 Å². The number of para-hydroxylation sites is 2. The van der Waals surface area contributed by atoms with Gasteiger partial charge < -0.3 is 54.2 Å². The standard InChI is InChI=1S/C73H73N11O7S2/c1-78-43-46(40-55(78)69(87)74-32-16-18-48(85)17-6-4-12-33-81-35-28-49-65-53(81)21-14-23-58(65)90-60-30-37-83-51-19-8-10-25-62(51)92-72(83)67(49)60)76-71(89)57-41-47(44-80(57)3)77-70(88)56-39-45(42-79(56)2)75-64(86)27-7-5-13-34-82-36-29-50-66-54(82)22-15-24-59(66)91-61-31-38-84-52-20-9-11-26-63(52)93-73(84)68(50)61/h8-11,14-15,19-20,22-26,28-29,35-36,39-44,58,60-61H,4-7,12-13,16-18,21,27,30-34,37-38H2,1-3H3,(H2-2,74,75,76,77,86,87,88,89)/p+2. The molecular weight excluding hydrogens is 1210 g/mol. The van der Waals surface area contributed by atoms with Crippen LogP contribution in [0.5, 0.6) is 5.75 Å². The lowest BCUT2D eigenvalue weighted by atomic mass is 9.84. The predicted molar refractivity (Wildman–Crippen MR) is 362 cm³/mol. The maximum atomic E-state index is 13.6. The Morgan fingerprint density at radius 3 is 1.83 bits per heavy atom. The van der Waals surface area contributed by atoms with Crippen LogP contribution in [0.1, 0.15) is 137 Å². The third kappa shape index (κ3) is 11.6. The molecule has 3 aromatic carbocycles. The van der Waals surface area contributed by atoms with Crippen LogP contribution in [0, 0.1) is 0 Å². The number of pyridine rings is 2. The molecule has 4 N–H and O–H groups in total. The first-order valence-electron chi connectivity index (χ1n) is 32.7. The smallest absolute Gasteiger partial charge is 0.272 e. The number of carbonyl (C=O) groups is 5. The van der Waals surface area contributed by atoms with E-state index in [2.05, 4.69) is 144 Å². The fraction of sp³-hybridized carbons (Fsp3) is 0.329. The van der Waals surface area contributed by atoms with E-state index in [1.165, 1.54) is 64.8 Å². The number of fused-ring (bicyclic) bond motifs is 10. The zero-order valence-corrected chi connectivity index (χ0v) is 54.2. The summed E-state index contributed by atoms with van der Waals surface area (Å²) in [7, 11) is 5.18. The number of hydrogen-bond acceptors (Lipinski definition) is 11. The highest BCUT2D eigenvalue weighted by Gasteiger charge is 2.45. The molecule has 0 saturated heterocycles. The number of amides is 4. The summed E-state index contributed by atoms with van der Waals surface area (Å²) in [6.07, 6.45) is 23.8. The molecule has 15 rings (SSSR count). The predicted octanol–water partition coefficient (Wildman–Crippen LogP) is 12.2. The molecule has 93 heavy (non-hydrogen) atoms. The summed E-state index contributed by atoms with van der Waals surface area (Å²) in [4.78, 5) is 74.1. The monoisotopic (exact) mass is 1280 g/mol. The van der Waals surface area contributed by atoms with E-state index in [0.29, 0.717) is 67.1 Å². The largest absolute Gasteiger partial charge is 0.485 e. The third-order valence-corrected chi connectivity index (χ3v) is 21.5. The minimum Gasteiger partial charge on any atom is -0.485 e. The molecule has 20 heteroatoms. The summed E-state index contributed by atoms with van der Waals surface area (Å²) in [5.74, 6) is -0.147. The molecule has 0 spiro atoms. The highest BCUT2D eigenvalue weighted by atomic mass is 32.2. The molecule has 0 saturated carbocycles. The van der Waals surface area contributed by atoms with Crippen molar-refractivity contribution in [1.29, 1.82) is 0 Å². The Balaban J connectivity index is 0.472. The summed E-state index contributed by atoms with van der Waals surface area (Å²) < 4.78 is 23.1. The Morgan fingerprint density at radius 2 is 1.15 bits per heavy atom. The van der Waals surface area contributed by atoms with E-state index in [0.717, 1.165) is 94.2 Å². The molecule has 3 unspecified atom stereocenters. The van der Waals surface area contributed by atoms with Crippen molar-refractivity contribution in [3.8, 4) is 5.75 Å². The van der Waals surface area contributed by atoms with Crippen LogP contribution in [0.3, 0.4) is 0 Å². The zero-order chi connectivity index (χ0) is 63.4. The lowest BCUT2D eigenvalue weighted by Crippen LogP contribution is -2.44. The minimum absolute atomic E-state index is 0.0261. The van der Waals surface area contributed by atoms with Crippen molar-refractivity contribution in [2.45, 2.75) is 125 Å². The molecule has 0 radical (unpaired) electrons. The van der Waals surface area contributed by atoms with Gasteiger partial charge in [-0.15, -0.1) is 0 Å². The van der Waals surface area contributed by atoms with Gasteiger partial charge in [-0.2, -0.15) is 4.57 Å². The van der Waals surface area contributed by atoms with Crippen molar-refractivity contribution in [3.05, 3.63) is 190 Å². The lowest BCUT2D eigenvalue weighted by molar-refractivity contribution is -0.704. The van der Waals surface area contributed by atoms with Crippen molar-refractivity contribution < 1.29 is 42.6 Å². The summed E-state index contributed by atoms with van der Waals surface area (Å²) in [6.45, 7) is 3.93. The molecule has 474 valence electrons. The van der Waals surface area contributed by atoms with Crippen LogP contribution in [0.25, 0.3) is 22.0 Å². The second kappa shape index (κ2) is 25.4. The van der Waals surface area contributed by atoms with Gasteiger partial charge in [-0.1, -0.05) is 66.0 Å². The molecule has 6 aliphatic heterocycles. The number of carbonyl (C=O) groups excluding carboxylic acids is 5. The first-order chi connectivity index (χ1) is 45.4. The number of allylic oxidation sites excluding steroid dienone is 1. The van der Waals surface area contributed by atoms with Crippen molar-refractivity contribution in [1.82, 2.24) is 19.0 Å². The molecule has 5 aromatic heterocycles. The van der Waals surface area contributed by atoms with Gasteiger partial charge in [0.2, 0.25) is 11.4 Å². The van der Waals surface area contributed by atoms with Gasteiger partial charge in [0.15, 0.2) is 18.1 Å². The van der Waals surface area contributed by atoms with Crippen LogP contribution >= 0.6 is 23.5 Å². The van der Waals surface area contributed by atoms with Crippen LogP contribution < -0.4 is 44.9 Å².